The van der Waals surface area contributed by atoms with Gasteiger partial charge >= 0.3 is 6.03 Å². The molecule has 5 nitrogen and oxygen atoms in total. The largest absolute Gasteiger partial charge is 0.357 e. The van der Waals surface area contributed by atoms with Crippen LogP contribution in [0.1, 0.15) is 30.9 Å². The van der Waals surface area contributed by atoms with Crippen LogP contribution in [-0.4, -0.2) is 30.6 Å². The number of urea groups is 1. The van der Waals surface area contributed by atoms with E-state index in [-0.39, 0.29) is 6.03 Å². The molecule has 152 valence electrons. The highest BCUT2D eigenvalue weighted by atomic mass is 32.1. The number of hydrogen-bond donors (Lipinski definition) is 2. The first kappa shape index (κ1) is 19.7. The average Bonchev–Trinajstić information content (AvgIpc) is 3.16. The fraction of sp³-hybridized carbons (Fsp3) is 0.391. The van der Waals surface area contributed by atoms with Gasteiger partial charge in [0.1, 0.15) is 5.82 Å². The number of hydrogen-bond acceptors (Lipinski definition) is 4. The highest BCUT2D eigenvalue weighted by Gasteiger charge is 2.16. The van der Waals surface area contributed by atoms with E-state index in [1.165, 1.54) is 28.5 Å². The van der Waals surface area contributed by atoms with Crippen LogP contribution in [0.3, 0.4) is 0 Å². The fourth-order valence-electron chi connectivity index (χ4n) is 3.73. The number of piperidine rings is 1. The smallest absolute Gasteiger partial charge is 0.315 e. The molecular weight excluding hydrogens is 380 g/mol. The second-order valence-electron chi connectivity index (χ2n) is 7.81. The van der Waals surface area contributed by atoms with Crippen molar-refractivity contribution >= 4 is 33.3 Å². The van der Waals surface area contributed by atoms with Crippen LogP contribution in [-0.2, 0) is 13.0 Å². The number of nitrogens with zero attached hydrogens (tertiary/aromatic N) is 2. The number of aromatic nitrogens is 1. The number of carbonyl (C=O) groups excluding carboxylic acids is 1. The minimum Gasteiger partial charge on any atom is -0.357 e. The molecule has 1 aromatic carbocycles. The number of pyridine rings is 1. The average molecular weight is 409 g/mol. The van der Waals surface area contributed by atoms with E-state index in [4.69, 9.17) is 0 Å². The normalized spacial score (nSPS) is 14.9. The zero-order valence-electron chi connectivity index (χ0n) is 16.9. The summed E-state index contributed by atoms with van der Waals surface area (Å²) in [6, 6.07) is 12.4. The molecule has 0 saturated carbocycles. The zero-order chi connectivity index (χ0) is 20.1. The number of fused-ring (bicyclic) bond motifs is 1. The van der Waals surface area contributed by atoms with E-state index < -0.39 is 0 Å². The number of thiophene rings is 1. The van der Waals surface area contributed by atoms with Crippen molar-refractivity contribution in [1.82, 2.24) is 15.6 Å². The number of amides is 2. The maximum atomic E-state index is 12.1. The van der Waals surface area contributed by atoms with Crippen LogP contribution in [0.25, 0.3) is 10.1 Å². The predicted molar refractivity (Wildman–Crippen MR) is 121 cm³/mol. The fourth-order valence-corrected chi connectivity index (χ4v) is 4.73. The number of carbonyl (C=O) groups is 1. The van der Waals surface area contributed by atoms with Crippen molar-refractivity contribution in [2.24, 2.45) is 5.92 Å². The highest BCUT2D eigenvalue weighted by molar-refractivity contribution is 7.17. The maximum absolute atomic E-state index is 12.1. The van der Waals surface area contributed by atoms with E-state index in [1.807, 2.05) is 6.20 Å². The highest BCUT2D eigenvalue weighted by Crippen LogP contribution is 2.25. The summed E-state index contributed by atoms with van der Waals surface area (Å²) in [5.74, 6) is 1.85. The van der Waals surface area contributed by atoms with E-state index in [0.717, 1.165) is 36.8 Å². The van der Waals surface area contributed by atoms with E-state index in [1.54, 1.807) is 11.3 Å². The molecule has 29 heavy (non-hydrogen) atoms. The first-order chi connectivity index (χ1) is 14.2. The second kappa shape index (κ2) is 9.27. The Balaban J connectivity index is 1.20. The van der Waals surface area contributed by atoms with Gasteiger partial charge in [-0.15, -0.1) is 11.3 Å². The lowest BCUT2D eigenvalue weighted by atomic mass is 9.99. The van der Waals surface area contributed by atoms with Gasteiger partial charge in [0.2, 0.25) is 0 Å². The van der Waals surface area contributed by atoms with Crippen molar-refractivity contribution < 1.29 is 4.79 Å². The van der Waals surface area contributed by atoms with Crippen LogP contribution in [0, 0.1) is 5.92 Å². The van der Waals surface area contributed by atoms with Gasteiger partial charge in [-0.3, -0.25) is 0 Å². The van der Waals surface area contributed by atoms with E-state index in [0.29, 0.717) is 13.1 Å². The molecule has 2 aromatic heterocycles. The lowest BCUT2D eigenvalue weighted by molar-refractivity contribution is 0.240. The molecule has 1 aliphatic rings. The topological polar surface area (TPSA) is 57.3 Å². The molecule has 0 unspecified atom stereocenters. The third kappa shape index (κ3) is 5.07. The van der Waals surface area contributed by atoms with Gasteiger partial charge in [-0.25, -0.2) is 9.78 Å². The number of rotatable bonds is 6. The molecule has 2 amide bonds. The van der Waals surface area contributed by atoms with Gasteiger partial charge < -0.3 is 15.5 Å². The van der Waals surface area contributed by atoms with Gasteiger partial charge in [0.05, 0.1) is 0 Å². The Hall–Kier alpha value is -2.60. The SMILES string of the molecule is CC1CCN(c2ccc(CNC(=O)NCCc3csc4ccccc34)cn2)CC1. The standard InChI is InChI=1S/C23H28N4OS/c1-17-9-12-27(13-10-17)22-7-6-18(14-25-22)15-26-23(28)24-11-8-19-16-29-21-5-3-2-4-20(19)21/h2-7,14,16-17H,8-13,15H2,1H3,(H2,24,26,28). The van der Waals surface area contributed by atoms with Crippen LogP contribution in [0.15, 0.2) is 48.0 Å². The molecule has 1 saturated heterocycles. The second-order valence-corrected chi connectivity index (χ2v) is 8.72. The molecule has 6 heteroatoms. The molecule has 0 bridgehead atoms. The van der Waals surface area contributed by atoms with E-state index in [2.05, 4.69) is 69.2 Å². The van der Waals surface area contributed by atoms with Crippen LogP contribution in [0.5, 0.6) is 0 Å². The summed E-state index contributed by atoms with van der Waals surface area (Å²) < 4.78 is 1.29. The predicted octanol–water partition coefficient (Wildman–Crippen LogP) is 4.57. The zero-order valence-corrected chi connectivity index (χ0v) is 17.7. The quantitative estimate of drug-likeness (QED) is 0.628. The first-order valence-corrected chi connectivity index (χ1v) is 11.2. The summed E-state index contributed by atoms with van der Waals surface area (Å²) in [5.41, 5.74) is 2.30. The first-order valence-electron chi connectivity index (χ1n) is 10.4. The minimum absolute atomic E-state index is 0.140. The summed E-state index contributed by atoms with van der Waals surface area (Å²) in [5, 5.41) is 9.34. The van der Waals surface area contributed by atoms with E-state index in [9.17, 15) is 4.79 Å². The van der Waals surface area contributed by atoms with Crippen LogP contribution >= 0.6 is 11.3 Å². The monoisotopic (exact) mass is 408 g/mol. The Morgan fingerprint density at radius 2 is 2.00 bits per heavy atom. The number of anilines is 1. The van der Waals surface area contributed by atoms with E-state index >= 15 is 0 Å². The molecular formula is C23H28N4OS. The van der Waals surface area contributed by atoms with Crippen molar-refractivity contribution in [3.05, 3.63) is 59.1 Å². The number of nitrogens with one attached hydrogen (secondary N) is 2. The van der Waals surface area contributed by atoms with Crippen molar-refractivity contribution in [3.8, 4) is 0 Å². The van der Waals surface area contributed by atoms with Crippen LogP contribution < -0.4 is 15.5 Å². The summed E-state index contributed by atoms with van der Waals surface area (Å²) in [4.78, 5) is 19.0. The summed E-state index contributed by atoms with van der Waals surface area (Å²) in [6.45, 7) is 5.57. The molecule has 2 N–H and O–H groups in total. The molecule has 0 spiro atoms. The summed E-state index contributed by atoms with van der Waals surface area (Å²) >= 11 is 1.75. The van der Waals surface area contributed by atoms with Crippen molar-refractivity contribution in [1.29, 1.82) is 0 Å². The molecule has 3 heterocycles. The van der Waals surface area contributed by atoms with Gasteiger partial charge in [0.15, 0.2) is 0 Å². The molecule has 1 aliphatic heterocycles. The molecule has 3 aromatic rings. The van der Waals surface area contributed by atoms with Crippen LogP contribution in [0.2, 0.25) is 0 Å². The third-order valence-electron chi connectivity index (χ3n) is 5.61. The van der Waals surface area contributed by atoms with Gasteiger partial charge in [-0.05, 0) is 59.2 Å². The minimum atomic E-state index is -0.140. The molecule has 4 rings (SSSR count). The van der Waals surface area contributed by atoms with Gasteiger partial charge in [0, 0.05) is 37.1 Å². The Morgan fingerprint density at radius 3 is 2.79 bits per heavy atom. The van der Waals surface area contributed by atoms with Crippen LogP contribution in [0.4, 0.5) is 10.6 Å². The Bertz CT molecular complexity index is 945. The lowest BCUT2D eigenvalue weighted by Gasteiger charge is -2.31. The van der Waals surface area contributed by atoms with Gasteiger partial charge in [0.25, 0.3) is 0 Å². The van der Waals surface area contributed by atoms with Gasteiger partial charge in [-0.2, -0.15) is 0 Å². The van der Waals surface area contributed by atoms with Crippen molar-refractivity contribution in [2.45, 2.75) is 32.7 Å². The molecule has 0 radical (unpaired) electrons. The van der Waals surface area contributed by atoms with Crippen molar-refractivity contribution in [2.75, 3.05) is 24.5 Å². The Morgan fingerprint density at radius 1 is 1.17 bits per heavy atom. The summed E-state index contributed by atoms with van der Waals surface area (Å²) in [6.07, 6.45) is 5.16. The molecule has 0 atom stereocenters. The lowest BCUT2D eigenvalue weighted by Crippen LogP contribution is -2.36. The van der Waals surface area contributed by atoms with Gasteiger partial charge in [-0.1, -0.05) is 31.2 Å². The summed E-state index contributed by atoms with van der Waals surface area (Å²) in [7, 11) is 0. The maximum Gasteiger partial charge on any atom is 0.315 e. The Kier molecular flexibility index (Phi) is 6.30. The number of benzene rings is 1. The third-order valence-corrected chi connectivity index (χ3v) is 6.62. The molecule has 0 aliphatic carbocycles. The molecule has 1 fully saturated rings. The van der Waals surface area contributed by atoms with Crippen molar-refractivity contribution in [3.63, 3.8) is 0 Å². The Labute approximate surface area is 176 Å².